The van der Waals surface area contributed by atoms with Crippen molar-refractivity contribution in [1.82, 2.24) is 0 Å². The molecule has 0 atom stereocenters. The van der Waals surface area contributed by atoms with Crippen molar-refractivity contribution in [2.75, 3.05) is 12.4 Å². The van der Waals surface area contributed by atoms with Crippen molar-refractivity contribution in [2.24, 2.45) is 10.7 Å². The van der Waals surface area contributed by atoms with Gasteiger partial charge in [-0.05, 0) is 30.7 Å². The van der Waals surface area contributed by atoms with E-state index in [0.717, 1.165) is 11.1 Å². The van der Waals surface area contributed by atoms with E-state index in [0.29, 0.717) is 5.75 Å². The fourth-order valence-electron chi connectivity index (χ4n) is 2.11. The van der Waals surface area contributed by atoms with E-state index >= 15 is 0 Å². The molecule has 0 amide bonds. The number of nitrogens with one attached hydrogen (secondary N) is 1. The van der Waals surface area contributed by atoms with Crippen molar-refractivity contribution in [3.05, 3.63) is 53.6 Å². The average Bonchev–Trinajstić information content (AvgIpc) is 2.54. The molecule has 0 radical (unpaired) electrons. The van der Waals surface area contributed by atoms with E-state index in [-0.39, 0.29) is 47.9 Å². The second-order valence-corrected chi connectivity index (χ2v) is 5.19. The normalized spacial score (nSPS) is 11.5. The molecule has 0 spiro atoms. The quantitative estimate of drug-likeness (QED) is 0.377. The van der Waals surface area contributed by atoms with E-state index in [4.69, 9.17) is 10.5 Å². The second-order valence-electron chi connectivity index (χ2n) is 5.19. The number of nitrogens with two attached hydrogens (primary N) is 1. The molecule has 0 aliphatic rings. The first-order valence-corrected chi connectivity index (χ1v) is 7.34. The van der Waals surface area contributed by atoms with Gasteiger partial charge in [0.05, 0.1) is 19.3 Å². The summed E-state index contributed by atoms with van der Waals surface area (Å²) in [5, 5.41) is 2.61. The predicted molar refractivity (Wildman–Crippen MR) is 105 cm³/mol. The molecule has 0 aliphatic heterocycles. The Morgan fingerprint density at radius 2 is 1.85 bits per heavy atom. The number of para-hydroxylation sites is 2. The van der Waals surface area contributed by atoms with Gasteiger partial charge in [-0.1, -0.05) is 24.3 Å². The standard InChI is InChI=1S/C17H18F3N3O2.HI/c1-11-7-8-12(15(9-11)24-2)10-22-16(21)23-13-5-3-4-6-14(13)25-17(18,19)20;/h3-9H,10H2,1-2H3,(H3,21,22,23);1H. The van der Waals surface area contributed by atoms with Crippen LogP contribution in [0, 0.1) is 6.92 Å². The third-order valence-corrected chi connectivity index (χ3v) is 3.24. The fourth-order valence-corrected chi connectivity index (χ4v) is 2.11. The van der Waals surface area contributed by atoms with Crippen LogP contribution in [0.2, 0.25) is 0 Å². The van der Waals surface area contributed by atoms with Crippen LogP contribution in [0.5, 0.6) is 11.5 Å². The first-order chi connectivity index (χ1) is 11.8. The van der Waals surface area contributed by atoms with E-state index in [1.54, 1.807) is 13.2 Å². The van der Waals surface area contributed by atoms with Gasteiger partial charge >= 0.3 is 6.36 Å². The minimum absolute atomic E-state index is 0. The third kappa shape index (κ3) is 6.62. The summed E-state index contributed by atoms with van der Waals surface area (Å²) in [5.74, 6) is 0.235. The summed E-state index contributed by atoms with van der Waals surface area (Å²) in [6.45, 7) is 2.15. The van der Waals surface area contributed by atoms with Gasteiger partial charge in [-0.15, -0.1) is 37.1 Å². The van der Waals surface area contributed by atoms with E-state index < -0.39 is 6.36 Å². The molecule has 0 unspecified atom stereocenters. The van der Waals surface area contributed by atoms with E-state index in [1.165, 1.54) is 18.2 Å². The Hall–Kier alpha value is -2.17. The Kier molecular flexibility index (Phi) is 8.00. The second kappa shape index (κ2) is 9.51. The van der Waals surface area contributed by atoms with Gasteiger partial charge in [0.15, 0.2) is 11.7 Å². The number of guanidine groups is 1. The zero-order valence-corrected chi connectivity index (χ0v) is 16.5. The summed E-state index contributed by atoms with van der Waals surface area (Å²) in [5.41, 5.74) is 7.67. The van der Waals surface area contributed by atoms with Crippen molar-refractivity contribution < 1.29 is 22.6 Å². The minimum Gasteiger partial charge on any atom is -0.496 e. The molecule has 2 aromatic rings. The van der Waals surface area contributed by atoms with Crippen LogP contribution in [0.3, 0.4) is 0 Å². The highest BCUT2D eigenvalue weighted by molar-refractivity contribution is 14.0. The average molecular weight is 481 g/mol. The maximum Gasteiger partial charge on any atom is 0.573 e. The molecule has 0 aliphatic carbocycles. The number of methoxy groups -OCH3 is 1. The summed E-state index contributed by atoms with van der Waals surface area (Å²) in [4.78, 5) is 4.13. The van der Waals surface area contributed by atoms with Gasteiger partial charge in [-0.2, -0.15) is 0 Å². The van der Waals surface area contributed by atoms with Gasteiger partial charge in [0.1, 0.15) is 5.75 Å². The molecule has 0 fully saturated rings. The van der Waals surface area contributed by atoms with Crippen LogP contribution in [-0.2, 0) is 6.54 Å². The van der Waals surface area contributed by atoms with Crippen molar-refractivity contribution in [3.8, 4) is 11.5 Å². The smallest absolute Gasteiger partial charge is 0.496 e. The highest BCUT2D eigenvalue weighted by Crippen LogP contribution is 2.29. The first-order valence-electron chi connectivity index (χ1n) is 7.34. The number of halogens is 4. The largest absolute Gasteiger partial charge is 0.573 e. The molecule has 0 saturated heterocycles. The number of rotatable bonds is 5. The molecule has 0 saturated carbocycles. The van der Waals surface area contributed by atoms with Gasteiger partial charge in [0, 0.05) is 5.56 Å². The molecule has 3 N–H and O–H groups in total. The van der Waals surface area contributed by atoms with Gasteiger partial charge in [0.2, 0.25) is 0 Å². The number of aliphatic imine (C=N–C) groups is 1. The third-order valence-electron chi connectivity index (χ3n) is 3.24. The number of aryl methyl sites for hydroxylation is 1. The maximum atomic E-state index is 12.4. The monoisotopic (exact) mass is 481 g/mol. The van der Waals surface area contributed by atoms with Crippen LogP contribution >= 0.6 is 24.0 Å². The van der Waals surface area contributed by atoms with Crippen LogP contribution in [0.4, 0.5) is 18.9 Å². The van der Waals surface area contributed by atoms with E-state index in [9.17, 15) is 13.2 Å². The molecule has 5 nitrogen and oxygen atoms in total. The summed E-state index contributed by atoms with van der Waals surface area (Å²) < 4.78 is 46.5. The van der Waals surface area contributed by atoms with Crippen LogP contribution < -0.4 is 20.5 Å². The molecule has 2 rings (SSSR count). The number of anilines is 1. The maximum absolute atomic E-state index is 12.4. The SMILES string of the molecule is COc1cc(C)ccc1CN=C(N)Nc1ccccc1OC(F)(F)F.I. The van der Waals surface area contributed by atoms with Crippen molar-refractivity contribution in [3.63, 3.8) is 0 Å². The lowest BCUT2D eigenvalue weighted by Gasteiger charge is -2.14. The summed E-state index contributed by atoms with van der Waals surface area (Å²) >= 11 is 0. The molecule has 142 valence electrons. The Morgan fingerprint density at radius 3 is 2.50 bits per heavy atom. The molecular formula is C17H19F3IN3O2. The molecule has 9 heteroatoms. The lowest BCUT2D eigenvalue weighted by atomic mass is 10.1. The Balaban J connectivity index is 0.00000338. The van der Waals surface area contributed by atoms with Gasteiger partial charge in [0.25, 0.3) is 0 Å². The van der Waals surface area contributed by atoms with Crippen molar-refractivity contribution in [2.45, 2.75) is 19.8 Å². The van der Waals surface area contributed by atoms with Crippen LogP contribution in [0.15, 0.2) is 47.5 Å². The number of benzene rings is 2. The molecule has 2 aromatic carbocycles. The van der Waals surface area contributed by atoms with Crippen molar-refractivity contribution in [1.29, 1.82) is 0 Å². The number of ether oxygens (including phenoxy) is 2. The van der Waals surface area contributed by atoms with Gasteiger partial charge in [-0.3, -0.25) is 0 Å². The Bertz CT molecular complexity index is 767. The summed E-state index contributed by atoms with van der Waals surface area (Å²) in [7, 11) is 1.55. The predicted octanol–water partition coefficient (Wildman–Crippen LogP) is 4.45. The van der Waals surface area contributed by atoms with Gasteiger partial charge < -0.3 is 20.5 Å². The number of nitrogens with zero attached hydrogens (tertiary/aromatic N) is 1. The number of hydrogen-bond donors (Lipinski definition) is 2. The summed E-state index contributed by atoms with van der Waals surface area (Å²) in [6, 6.07) is 11.2. The van der Waals surface area contributed by atoms with Crippen LogP contribution in [0.25, 0.3) is 0 Å². The van der Waals surface area contributed by atoms with Crippen molar-refractivity contribution >= 4 is 35.6 Å². The van der Waals surface area contributed by atoms with Gasteiger partial charge in [-0.25, -0.2) is 4.99 Å². The highest BCUT2D eigenvalue weighted by Gasteiger charge is 2.32. The molecule has 0 bridgehead atoms. The Labute approximate surface area is 166 Å². The summed E-state index contributed by atoms with van der Waals surface area (Å²) in [6.07, 6.45) is -4.79. The molecule has 0 aromatic heterocycles. The Morgan fingerprint density at radius 1 is 1.15 bits per heavy atom. The molecule has 0 heterocycles. The van der Waals surface area contributed by atoms with E-state index in [1.807, 2.05) is 25.1 Å². The topological polar surface area (TPSA) is 68.9 Å². The number of hydrogen-bond acceptors (Lipinski definition) is 3. The van der Waals surface area contributed by atoms with Crippen LogP contribution in [0.1, 0.15) is 11.1 Å². The zero-order chi connectivity index (χ0) is 18.4. The van der Waals surface area contributed by atoms with Crippen LogP contribution in [-0.4, -0.2) is 19.4 Å². The lowest BCUT2D eigenvalue weighted by molar-refractivity contribution is -0.274. The molecular weight excluding hydrogens is 462 g/mol. The lowest BCUT2D eigenvalue weighted by Crippen LogP contribution is -2.24. The minimum atomic E-state index is -4.79. The fraction of sp³-hybridized carbons (Fsp3) is 0.235. The van der Waals surface area contributed by atoms with E-state index in [2.05, 4.69) is 15.0 Å². The highest BCUT2D eigenvalue weighted by atomic mass is 127. The first kappa shape index (κ1) is 21.9. The molecule has 26 heavy (non-hydrogen) atoms. The zero-order valence-electron chi connectivity index (χ0n) is 14.1. The number of alkyl halides is 3.